The Hall–Kier alpha value is -1.12. The van der Waals surface area contributed by atoms with Crippen LogP contribution in [-0.2, 0) is 9.53 Å². The molecular formula is C7H9NO2. The van der Waals surface area contributed by atoms with E-state index < -0.39 is 0 Å². The molecule has 0 N–H and O–H groups in total. The minimum Gasteiger partial charge on any atom is -0.410 e. The summed E-state index contributed by atoms with van der Waals surface area (Å²) in [6.45, 7) is 3.85. The van der Waals surface area contributed by atoms with Gasteiger partial charge in [-0.05, 0) is 18.9 Å². The summed E-state index contributed by atoms with van der Waals surface area (Å²) in [6, 6.07) is 0. The number of allylic oxidation sites excluding steroid dienone is 1. The molecule has 3 heteroatoms. The molecule has 1 aliphatic rings. The van der Waals surface area contributed by atoms with Gasteiger partial charge >= 0.3 is 5.97 Å². The maximum Gasteiger partial charge on any atom is 0.363 e. The fraction of sp³-hybridized carbons (Fsp3) is 0.429. The summed E-state index contributed by atoms with van der Waals surface area (Å²) in [4.78, 5) is 14.5. The largest absolute Gasteiger partial charge is 0.410 e. The Balaban J connectivity index is 2.90. The van der Waals surface area contributed by atoms with Crippen LogP contribution in [0.4, 0.5) is 0 Å². The van der Waals surface area contributed by atoms with Crippen molar-refractivity contribution in [1.82, 2.24) is 0 Å². The lowest BCUT2D eigenvalue weighted by molar-refractivity contribution is -0.129. The third kappa shape index (κ3) is 1.07. The second kappa shape index (κ2) is 2.64. The van der Waals surface area contributed by atoms with E-state index in [4.69, 9.17) is 0 Å². The minimum absolute atomic E-state index is 0.334. The highest BCUT2D eigenvalue weighted by Crippen LogP contribution is 2.13. The van der Waals surface area contributed by atoms with Gasteiger partial charge in [-0.1, -0.05) is 6.92 Å². The van der Waals surface area contributed by atoms with Crippen molar-refractivity contribution in [1.29, 1.82) is 0 Å². The van der Waals surface area contributed by atoms with E-state index in [1.807, 2.05) is 13.8 Å². The number of hydrogen-bond acceptors (Lipinski definition) is 3. The maximum absolute atomic E-state index is 10.8. The highest BCUT2D eigenvalue weighted by Gasteiger charge is 2.16. The van der Waals surface area contributed by atoms with Gasteiger partial charge in [-0.15, -0.1) is 0 Å². The van der Waals surface area contributed by atoms with Crippen LogP contribution in [0.2, 0.25) is 0 Å². The molecule has 0 spiro atoms. The number of esters is 1. The monoisotopic (exact) mass is 139 g/mol. The first-order valence-corrected chi connectivity index (χ1v) is 3.19. The normalized spacial score (nSPS) is 21.2. The summed E-state index contributed by atoms with van der Waals surface area (Å²) < 4.78 is 4.50. The van der Waals surface area contributed by atoms with E-state index in [0.29, 0.717) is 5.70 Å². The lowest BCUT2D eigenvalue weighted by atomic mass is 10.2. The molecule has 0 aliphatic carbocycles. The summed E-state index contributed by atoms with van der Waals surface area (Å²) in [7, 11) is 0. The molecule has 0 unspecified atom stereocenters. The van der Waals surface area contributed by atoms with Crippen LogP contribution in [0.25, 0.3) is 0 Å². The highest BCUT2D eigenvalue weighted by atomic mass is 16.5. The van der Waals surface area contributed by atoms with E-state index >= 15 is 0 Å². The molecule has 0 saturated heterocycles. The van der Waals surface area contributed by atoms with E-state index in [9.17, 15) is 4.79 Å². The fourth-order valence-corrected chi connectivity index (χ4v) is 0.687. The van der Waals surface area contributed by atoms with Crippen molar-refractivity contribution >= 4 is 12.4 Å². The summed E-state index contributed by atoms with van der Waals surface area (Å²) in [6.07, 6.45) is 2.01. The van der Waals surface area contributed by atoms with Gasteiger partial charge in [0.2, 0.25) is 0 Å². The fourth-order valence-electron chi connectivity index (χ4n) is 0.687. The first-order valence-electron chi connectivity index (χ1n) is 3.19. The van der Waals surface area contributed by atoms with Gasteiger partial charge in [-0.25, -0.2) is 9.79 Å². The topological polar surface area (TPSA) is 38.7 Å². The minimum atomic E-state index is -0.334. The highest BCUT2D eigenvalue weighted by molar-refractivity contribution is 5.98. The number of ether oxygens (including phenoxy) is 1. The lowest BCUT2D eigenvalue weighted by Crippen LogP contribution is -1.98. The average molecular weight is 139 g/mol. The van der Waals surface area contributed by atoms with Crippen molar-refractivity contribution < 1.29 is 9.53 Å². The molecule has 0 amide bonds. The Labute approximate surface area is 59.4 Å². The van der Waals surface area contributed by atoms with Crippen molar-refractivity contribution in [2.24, 2.45) is 4.99 Å². The predicted octanol–water partition coefficient (Wildman–Crippen LogP) is 1.26. The van der Waals surface area contributed by atoms with Crippen molar-refractivity contribution in [3.8, 4) is 0 Å². The van der Waals surface area contributed by atoms with Crippen LogP contribution in [0.3, 0.4) is 0 Å². The number of rotatable bonds is 1. The summed E-state index contributed by atoms with van der Waals surface area (Å²) in [5, 5.41) is 0. The molecule has 1 aliphatic heterocycles. The molecule has 10 heavy (non-hydrogen) atoms. The Morgan fingerprint density at radius 3 is 2.90 bits per heavy atom. The van der Waals surface area contributed by atoms with E-state index in [2.05, 4.69) is 9.73 Å². The molecule has 1 heterocycles. The van der Waals surface area contributed by atoms with Gasteiger partial charge in [-0.2, -0.15) is 0 Å². The van der Waals surface area contributed by atoms with Crippen LogP contribution >= 0.6 is 0 Å². The second-order valence-corrected chi connectivity index (χ2v) is 2.12. The van der Waals surface area contributed by atoms with Crippen molar-refractivity contribution in [2.75, 3.05) is 0 Å². The number of nitrogens with zero attached hydrogens (tertiary/aromatic N) is 1. The van der Waals surface area contributed by atoms with Crippen LogP contribution in [0.1, 0.15) is 20.3 Å². The number of carbonyl (C=O) groups excluding carboxylic acids is 1. The summed E-state index contributed by atoms with van der Waals surface area (Å²) in [5.74, 6) is -0.334. The molecule has 3 nitrogen and oxygen atoms in total. The zero-order chi connectivity index (χ0) is 7.56. The van der Waals surface area contributed by atoms with Crippen molar-refractivity contribution in [3.63, 3.8) is 0 Å². The molecule has 54 valence electrons. The number of hydrogen-bond donors (Lipinski definition) is 0. The van der Waals surface area contributed by atoms with E-state index in [0.717, 1.165) is 12.0 Å². The van der Waals surface area contributed by atoms with Gasteiger partial charge in [0.15, 0.2) is 12.1 Å². The SMILES string of the molecule is CC/C(C)=C1/N=COC1=O. The number of aliphatic imine (C=N–C) groups is 1. The molecule has 0 aromatic rings. The zero-order valence-corrected chi connectivity index (χ0v) is 6.05. The van der Waals surface area contributed by atoms with Crippen LogP contribution < -0.4 is 0 Å². The van der Waals surface area contributed by atoms with Gasteiger partial charge in [0.25, 0.3) is 0 Å². The van der Waals surface area contributed by atoms with E-state index in [1.165, 1.54) is 6.40 Å². The smallest absolute Gasteiger partial charge is 0.363 e. The van der Waals surface area contributed by atoms with Gasteiger partial charge in [0.05, 0.1) is 0 Å². The summed E-state index contributed by atoms with van der Waals surface area (Å²) >= 11 is 0. The number of carbonyl (C=O) groups is 1. The summed E-state index contributed by atoms with van der Waals surface area (Å²) in [5.41, 5.74) is 1.43. The van der Waals surface area contributed by atoms with Crippen molar-refractivity contribution in [2.45, 2.75) is 20.3 Å². The first-order chi connectivity index (χ1) is 4.75. The third-order valence-electron chi connectivity index (χ3n) is 1.47. The van der Waals surface area contributed by atoms with Crippen LogP contribution in [0.5, 0.6) is 0 Å². The molecule has 0 bridgehead atoms. The molecule has 1 rings (SSSR count). The van der Waals surface area contributed by atoms with Gasteiger partial charge in [0.1, 0.15) is 0 Å². The van der Waals surface area contributed by atoms with E-state index in [1.54, 1.807) is 0 Å². The average Bonchev–Trinajstić information content (AvgIpc) is 2.34. The zero-order valence-electron chi connectivity index (χ0n) is 6.05. The second-order valence-electron chi connectivity index (χ2n) is 2.12. The quantitative estimate of drug-likeness (QED) is 0.405. The van der Waals surface area contributed by atoms with Gasteiger partial charge in [0, 0.05) is 0 Å². The van der Waals surface area contributed by atoms with Crippen LogP contribution in [0, 0.1) is 0 Å². The van der Waals surface area contributed by atoms with Gasteiger partial charge in [-0.3, -0.25) is 0 Å². The lowest BCUT2D eigenvalue weighted by Gasteiger charge is -1.94. The maximum atomic E-state index is 10.8. The van der Waals surface area contributed by atoms with Crippen LogP contribution in [0.15, 0.2) is 16.3 Å². The number of cyclic esters (lactones) is 1. The van der Waals surface area contributed by atoms with Crippen molar-refractivity contribution in [3.05, 3.63) is 11.3 Å². The molecule has 0 saturated carbocycles. The Bertz CT molecular complexity index is 216. The van der Waals surface area contributed by atoms with E-state index in [-0.39, 0.29) is 5.97 Å². The molecule has 0 fully saturated rings. The third-order valence-corrected chi connectivity index (χ3v) is 1.47. The molecule has 0 atom stereocenters. The standard InChI is InChI=1S/C7H9NO2/c1-3-5(2)6-7(9)10-4-8-6/h4H,3H2,1-2H3/b6-5+. The Morgan fingerprint density at radius 2 is 2.50 bits per heavy atom. The first kappa shape index (κ1) is 6.99. The predicted molar refractivity (Wildman–Crippen MR) is 37.6 cm³/mol. The molecule has 0 radical (unpaired) electrons. The molecule has 0 aromatic carbocycles. The Morgan fingerprint density at radius 1 is 1.80 bits per heavy atom. The molecule has 0 aromatic heterocycles. The Kier molecular flexibility index (Phi) is 1.85. The van der Waals surface area contributed by atoms with Gasteiger partial charge < -0.3 is 4.74 Å². The van der Waals surface area contributed by atoms with Crippen LogP contribution in [-0.4, -0.2) is 12.4 Å². The molecular weight excluding hydrogens is 130 g/mol.